The van der Waals surface area contributed by atoms with Gasteiger partial charge in [-0.1, -0.05) is 30.3 Å². The van der Waals surface area contributed by atoms with Crippen molar-refractivity contribution in [2.45, 2.75) is 49.8 Å². The van der Waals surface area contributed by atoms with Gasteiger partial charge in [0.1, 0.15) is 22.9 Å². The first-order valence-corrected chi connectivity index (χ1v) is 14.4. The molecule has 2 aliphatic rings. The fourth-order valence-electron chi connectivity index (χ4n) is 5.07. The highest BCUT2D eigenvalue weighted by molar-refractivity contribution is 7.88. The van der Waals surface area contributed by atoms with E-state index in [-0.39, 0.29) is 35.0 Å². The van der Waals surface area contributed by atoms with Gasteiger partial charge in [-0.15, -0.1) is 0 Å². The van der Waals surface area contributed by atoms with Crippen LogP contribution >= 0.6 is 0 Å². The zero-order chi connectivity index (χ0) is 27.8. The molecule has 0 saturated carbocycles. The fraction of sp³-hybridized carbons (Fsp3) is 0.385. The lowest BCUT2D eigenvalue weighted by atomic mass is 9.84. The Kier molecular flexibility index (Phi) is 7.23. The summed E-state index contributed by atoms with van der Waals surface area (Å²) < 4.78 is 38.9. The molecule has 39 heavy (non-hydrogen) atoms. The molecular weight excluding hydrogens is 523 g/mol. The number of hydrogen-bond acceptors (Lipinski definition) is 9. The van der Waals surface area contributed by atoms with Crippen LogP contribution in [0.25, 0.3) is 11.2 Å². The van der Waals surface area contributed by atoms with Crippen molar-refractivity contribution in [2.24, 2.45) is 5.14 Å². The van der Waals surface area contributed by atoms with E-state index in [2.05, 4.69) is 25.9 Å². The summed E-state index contributed by atoms with van der Waals surface area (Å²) in [4.78, 5) is 27.9. The molecule has 3 atom stereocenters. The summed E-state index contributed by atoms with van der Waals surface area (Å²) in [5.41, 5.74) is 0.479. The van der Waals surface area contributed by atoms with Gasteiger partial charge in [0.05, 0.1) is 11.9 Å². The molecule has 4 heterocycles. The molecule has 0 bridgehead atoms. The highest BCUT2D eigenvalue weighted by Crippen LogP contribution is 2.32. The van der Waals surface area contributed by atoms with E-state index >= 15 is 0 Å². The maximum absolute atomic E-state index is 14.1. The number of allylic oxidation sites excluding steroid dienone is 2. The van der Waals surface area contributed by atoms with E-state index in [9.17, 15) is 17.6 Å². The number of sulfonamides is 1. The molecule has 206 valence electrons. The normalized spacial score (nSPS) is 23.2. The van der Waals surface area contributed by atoms with E-state index in [1.165, 1.54) is 0 Å². The van der Waals surface area contributed by atoms with Gasteiger partial charge in [0, 0.05) is 31.6 Å². The molecule has 1 fully saturated rings. The number of rotatable bonds is 7. The SMILES string of the molecule is CC(C)n1c(=O)c(C2(c3cccc(CS(N)(=O)=O)c3)C=CC=CN2)nc2cnc(N[C@@H]3CNC[C@@H](F)C3)nc21. The second kappa shape index (κ2) is 10.5. The zero-order valence-electron chi connectivity index (χ0n) is 21.6. The van der Waals surface area contributed by atoms with E-state index in [4.69, 9.17) is 10.1 Å². The fourth-order valence-corrected chi connectivity index (χ4v) is 5.72. The van der Waals surface area contributed by atoms with Gasteiger partial charge in [-0.25, -0.2) is 27.9 Å². The van der Waals surface area contributed by atoms with Crippen molar-refractivity contribution in [2.75, 3.05) is 18.4 Å². The molecule has 3 aromatic rings. The molecule has 13 heteroatoms. The average molecular weight is 555 g/mol. The van der Waals surface area contributed by atoms with Gasteiger partial charge in [-0.05, 0) is 43.3 Å². The third kappa shape index (κ3) is 5.56. The minimum absolute atomic E-state index is 0.179. The third-order valence-corrected chi connectivity index (χ3v) is 7.50. The highest BCUT2D eigenvalue weighted by atomic mass is 32.2. The number of alkyl halides is 1. The summed E-state index contributed by atoms with van der Waals surface area (Å²) in [6.07, 6.45) is 8.02. The van der Waals surface area contributed by atoms with Crippen LogP contribution in [0.4, 0.5) is 10.3 Å². The second-order valence-corrected chi connectivity index (χ2v) is 11.8. The molecule has 0 radical (unpaired) electrons. The Bertz CT molecular complexity index is 1620. The first-order chi connectivity index (χ1) is 18.6. The largest absolute Gasteiger partial charge is 0.373 e. The van der Waals surface area contributed by atoms with Gasteiger partial charge in [0.2, 0.25) is 16.0 Å². The number of anilines is 1. The van der Waals surface area contributed by atoms with Gasteiger partial charge in [0.15, 0.2) is 5.65 Å². The van der Waals surface area contributed by atoms with Gasteiger partial charge < -0.3 is 16.0 Å². The number of piperidine rings is 1. The minimum atomic E-state index is -3.76. The van der Waals surface area contributed by atoms with Crippen LogP contribution in [0.1, 0.15) is 43.1 Å². The number of primary sulfonamides is 1. The number of halogens is 1. The first-order valence-electron chi connectivity index (χ1n) is 12.7. The van der Waals surface area contributed by atoms with Crippen molar-refractivity contribution in [1.29, 1.82) is 0 Å². The molecule has 1 saturated heterocycles. The lowest BCUT2D eigenvalue weighted by Crippen LogP contribution is -2.47. The number of fused-ring (bicyclic) bond motifs is 1. The Morgan fingerprint density at radius 2 is 2.08 bits per heavy atom. The van der Waals surface area contributed by atoms with Crippen molar-refractivity contribution in [3.8, 4) is 0 Å². The molecule has 1 unspecified atom stereocenters. The maximum atomic E-state index is 14.1. The number of dihydropyridines is 1. The van der Waals surface area contributed by atoms with Crippen molar-refractivity contribution in [3.05, 3.63) is 82.1 Å². The second-order valence-electron chi connectivity index (χ2n) is 10.1. The molecule has 0 amide bonds. The van der Waals surface area contributed by atoms with Crippen LogP contribution in [0, 0.1) is 0 Å². The van der Waals surface area contributed by atoms with Crippen LogP contribution < -0.4 is 26.6 Å². The molecule has 11 nitrogen and oxygen atoms in total. The molecule has 0 aliphatic carbocycles. The average Bonchev–Trinajstić information content (AvgIpc) is 2.87. The number of nitrogens with one attached hydrogen (secondary N) is 3. The van der Waals surface area contributed by atoms with Gasteiger partial charge in [-0.3, -0.25) is 9.36 Å². The molecule has 2 aromatic heterocycles. The predicted molar refractivity (Wildman–Crippen MR) is 147 cm³/mol. The first kappa shape index (κ1) is 26.9. The highest BCUT2D eigenvalue weighted by Gasteiger charge is 2.38. The molecular formula is C26H31FN8O3S. The predicted octanol–water partition coefficient (Wildman–Crippen LogP) is 1.58. The van der Waals surface area contributed by atoms with E-state index in [1.54, 1.807) is 53.4 Å². The van der Waals surface area contributed by atoms with Gasteiger partial charge in [-0.2, -0.15) is 4.98 Å². The van der Waals surface area contributed by atoms with E-state index < -0.39 is 21.7 Å². The number of hydrogen-bond donors (Lipinski definition) is 4. The number of nitrogens with zero attached hydrogens (tertiary/aromatic N) is 4. The topological polar surface area (TPSA) is 157 Å². The smallest absolute Gasteiger partial charge is 0.277 e. The maximum Gasteiger partial charge on any atom is 0.277 e. The van der Waals surface area contributed by atoms with Crippen LogP contribution in [-0.2, 0) is 21.3 Å². The minimum Gasteiger partial charge on any atom is -0.373 e. The van der Waals surface area contributed by atoms with Gasteiger partial charge >= 0.3 is 0 Å². The molecule has 2 aliphatic heterocycles. The molecule has 1 aromatic carbocycles. The van der Waals surface area contributed by atoms with E-state index in [0.717, 1.165) is 0 Å². The Hall–Kier alpha value is -3.68. The molecule has 0 spiro atoms. The summed E-state index contributed by atoms with van der Waals surface area (Å²) in [5, 5.41) is 14.8. The van der Waals surface area contributed by atoms with Gasteiger partial charge in [0.25, 0.3) is 5.56 Å². The zero-order valence-corrected chi connectivity index (χ0v) is 22.5. The number of nitrogens with two attached hydrogens (primary N) is 1. The molecule has 5 N–H and O–H groups in total. The molecule has 5 rings (SSSR count). The van der Waals surface area contributed by atoms with Crippen LogP contribution in [-0.4, -0.2) is 53.2 Å². The van der Waals surface area contributed by atoms with Crippen molar-refractivity contribution in [1.82, 2.24) is 30.2 Å². The summed E-state index contributed by atoms with van der Waals surface area (Å²) in [7, 11) is -3.76. The van der Waals surface area contributed by atoms with Crippen molar-refractivity contribution < 1.29 is 12.8 Å². The summed E-state index contributed by atoms with van der Waals surface area (Å²) in [5.74, 6) is -0.0583. The van der Waals surface area contributed by atoms with Crippen LogP contribution in [0.3, 0.4) is 0 Å². The lowest BCUT2D eigenvalue weighted by molar-refractivity contribution is 0.254. The van der Waals surface area contributed by atoms with E-state index in [1.807, 2.05) is 19.9 Å². The van der Waals surface area contributed by atoms with E-state index in [0.29, 0.717) is 41.8 Å². The Morgan fingerprint density at radius 1 is 1.26 bits per heavy atom. The van der Waals surface area contributed by atoms with Crippen LogP contribution in [0.2, 0.25) is 0 Å². The van der Waals surface area contributed by atoms with Crippen molar-refractivity contribution in [3.63, 3.8) is 0 Å². The standard InChI is InChI=1S/C26H31FN8O3S/c1-16(2)35-23-21(14-30-25(34-23)32-20-11-19(27)12-29-13-20)33-22(24(35)36)26(8-3-4-9-31-26)18-7-5-6-17(10-18)15-39(28,37)38/h3-10,14,16,19-20,29,31H,11-13,15H2,1-2H3,(H2,28,37,38)(H,30,32,34)/t19-,20-,26?/m0/s1. The summed E-state index contributed by atoms with van der Waals surface area (Å²) in [6, 6.07) is 6.43. The Labute approximate surface area is 225 Å². The van der Waals surface area contributed by atoms with Crippen LogP contribution in [0.15, 0.2) is 59.7 Å². The third-order valence-electron chi connectivity index (χ3n) is 6.77. The summed E-state index contributed by atoms with van der Waals surface area (Å²) >= 11 is 0. The monoisotopic (exact) mass is 554 g/mol. The van der Waals surface area contributed by atoms with Crippen molar-refractivity contribution >= 4 is 27.1 Å². The summed E-state index contributed by atoms with van der Waals surface area (Å²) in [6.45, 7) is 4.65. The number of aromatic nitrogens is 4. The Balaban J connectivity index is 1.64. The quantitative estimate of drug-likeness (QED) is 0.340. The van der Waals surface area contributed by atoms with Crippen LogP contribution in [0.5, 0.6) is 0 Å². The number of benzene rings is 1. The Morgan fingerprint density at radius 3 is 2.77 bits per heavy atom. The lowest BCUT2D eigenvalue weighted by Gasteiger charge is -2.33.